The summed E-state index contributed by atoms with van der Waals surface area (Å²) >= 11 is 0. The van der Waals surface area contributed by atoms with Crippen molar-refractivity contribution in [2.24, 2.45) is 0 Å². The molecule has 3 aromatic carbocycles. The molecule has 1 saturated heterocycles. The monoisotopic (exact) mass is 413 g/mol. The first kappa shape index (κ1) is 20.7. The molecule has 3 amide bonds. The van der Waals surface area contributed by atoms with Gasteiger partial charge in [0.1, 0.15) is 0 Å². The smallest absolute Gasteiger partial charge is 0.320 e. The maximum Gasteiger partial charge on any atom is 0.320 e. The quantitative estimate of drug-likeness (QED) is 0.597. The molecule has 1 aliphatic rings. The van der Waals surface area contributed by atoms with Gasteiger partial charge in [0, 0.05) is 37.4 Å². The molecule has 0 unspecified atom stereocenters. The van der Waals surface area contributed by atoms with E-state index < -0.39 is 0 Å². The first-order valence-corrected chi connectivity index (χ1v) is 10.7. The molecular weight excluding hydrogens is 386 g/mol. The summed E-state index contributed by atoms with van der Waals surface area (Å²) in [5, 5.41) is 2.93. The van der Waals surface area contributed by atoms with E-state index in [0.29, 0.717) is 25.2 Å². The Morgan fingerprint density at radius 1 is 0.774 bits per heavy atom. The van der Waals surface area contributed by atoms with Crippen LogP contribution in [0.4, 0.5) is 10.5 Å². The molecule has 31 heavy (non-hydrogen) atoms. The molecule has 4 rings (SSSR count). The molecule has 1 heterocycles. The van der Waals surface area contributed by atoms with Gasteiger partial charge in [0.25, 0.3) is 5.91 Å². The van der Waals surface area contributed by atoms with E-state index in [0.717, 1.165) is 29.8 Å². The topological polar surface area (TPSA) is 52.7 Å². The molecule has 0 aromatic heterocycles. The van der Waals surface area contributed by atoms with E-state index in [2.05, 4.69) is 12.2 Å². The predicted octanol–water partition coefficient (Wildman–Crippen LogP) is 4.94. The van der Waals surface area contributed by atoms with Crippen LogP contribution in [0.25, 0.3) is 0 Å². The maximum atomic E-state index is 12.7. The molecule has 5 nitrogen and oxygen atoms in total. The Labute approximate surface area is 183 Å². The summed E-state index contributed by atoms with van der Waals surface area (Å²) in [6.45, 7) is 4.72. The molecule has 0 aliphatic carbocycles. The van der Waals surface area contributed by atoms with Crippen molar-refractivity contribution in [2.75, 3.05) is 18.4 Å². The van der Waals surface area contributed by atoms with Gasteiger partial charge in [-0.3, -0.25) is 4.79 Å². The first-order valence-electron chi connectivity index (χ1n) is 10.7. The maximum absolute atomic E-state index is 12.7. The summed E-state index contributed by atoms with van der Waals surface area (Å²) in [5.74, 6) is -0.137. The Balaban J connectivity index is 1.33. The molecular formula is C26H27N3O2. The van der Waals surface area contributed by atoms with Crippen molar-refractivity contribution in [1.29, 1.82) is 0 Å². The fourth-order valence-electron chi connectivity index (χ4n) is 3.74. The second-order valence-electron chi connectivity index (χ2n) is 7.81. The number of rotatable bonds is 7. The lowest BCUT2D eigenvalue weighted by molar-refractivity contribution is 0.102. The first-order chi connectivity index (χ1) is 15.1. The minimum Gasteiger partial charge on any atom is -0.322 e. The lowest BCUT2D eigenvalue weighted by atomic mass is 10.1. The van der Waals surface area contributed by atoms with Gasteiger partial charge in [-0.15, -0.1) is 0 Å². The normalized spacial score (nSPS) is 13.5. The van der Waals surface area contributed by atoms with Crippen molar-refractivity contribution in [1.82, 2.24) is 9.80 Å². The third-order valence-corrected chi connectivity index (χ3v) is 5.61. The third-order valence-electron chi connectivity index (χ3n) is 5.61. The van der Waals surface area contributed by atoms with Gasteiger partial charge in [-0.05, 0) is 47.4 Å². The van der Waals surface area contributed by atoms with Crippen LogP contribution in [-0.4, -0.2) is 34.8 Å². The second kappa shape index (κ2) is 9.47. The summed E-state index contributed by atoms with van der Waals surface area (Å²) in [5.41, 5.74) is 4.77. The number of carbonyl (C=O) groups excluding carboxylic acids is 2. The van der Waals surface area contributed by atoms with Crippen molar-refractivity contribution in [3.8, 4) is 0 Å². The van der Waals surface area contributed by atoms with E-state index in [-0.39, 0.29) is 11.9 Å². The van der Waals surface area contributed by atoms with Crippen LogP contribution in [0, 0.1) is 0 Å². The summed E-state index contributed by atoms with van der Waals surface area (Å²) in [6, 6.07) is 25.4. The molecule has 1 aliphatic heterocycles. The van der Waals surface area contributed by atoms with Gasteiger partial charge >= 0.3 is 6.03 Å². The van der Waals surface area contributed by atoms with Crippen LogP contribution in [0.1, 0.15) is 34.0 Å². The summed E-state index contributed by atoms with van der Waals surface area (Å²) < 4.78 is 0. The largest absolute Gasteiger partial charge is 0.322 e. The molecule has 5 heteroatoms. The molecule has 0 bridgehead atoms. The number of hydrogen-bond acceptors (Lipinski definition) is 2. The minimum absolute atomic E-state index is 0.0567. The number of amides is 3. The summed E-state index contributed by atoms with van der Waals surface area (Å²) in [6.07, 6.45) is 0.971. The Bertz CT molecular complexity index is 1030. The lowest BCUT2D eigenvalue weighted by Crippen LogP contribution is -2.31. The average molecular weight is 414 g/mol. The molecule has 1 fully saturated rings. The van der Waals surface area contributed by atoms with E-state index >= 15 is 0 Å². The Kier molecular flexibility index (Phi) is 6.32. The fourth-order valence-corrected chi connectivity index (χ4v) is 3.74. The van der Waals surface area contributed by atoms with E-state index in [1.165, 1.54) is 5.56 Å². The third kappa shape index (κ3) is 5.12. The van der Waals surface area contributed by atoms with E-state index in [9.17, 15) is 9.59 Å². The standard InChI is InChI=1S/C26H27N3O2/c1-2-20-10-14-24(15-11-20)27-25(30)23-12-8-22(9-13-23)19-29-17-16-28(26(29)31)18-21-6-4-3-5-7-21/h3-15H,2,16-19H2,1H3,(H,27,30). The molecule has 158 valence electrons. The van der Waals surface area contributed by atoms with Crippen LogP contribution >= 0.6 is 0 Å². The van der Waals surface area contributed by atoms with Gasteiger partial charge in [-0.1, -0.05) is 61.5 Å². The van der Waals surface area contributed by atoms with Crippen LogP contribution < -0.4 is 5.32 Å². The number of benzene rings is 3. The summed E-state index contributed by atoms with van der Waals surface area (Å²) in [4.78, 5) is 29.0. The average Bonchev–Trinajstić information content (AvgIpc) is 3.14. The van der Waals surface area contributed by atoms with Crippen LogP contribution in [0.3, 0.4) is 0 Å². The van der Waals surface area contributed by atoms with Crippen molar-refractivity contribution < 1.29 is 9.59 Å². The van der Waals surface area contributed by atoms with Gasteiger partial charge in [0.05, 0.1) is 0 Å². The van der Waals surface area contributed by atoms with Gasteiger partial charge in [0.15, 0.2) is 0 Å². The number of urea groups is 1. The zero-order valence-electron chi connectivity index (χ0n) is 17.8. The Morgan fingerprint density at radius 3 is 1.90 bits per heavy atom. The highest BCUT2D eigenvalue weighted by Gasteiger charge is 2.28. The number of aryl methyl sites for hydroxylation is 1. The second-order valence-corrected chi connectivity index (χ2v) is 7.81. The van der Waals surface area contributed by atoms with Gasteiger partial charge in [0.2, 0.25) is 0 Å². The van der Waals surface area contributed by atoms with Crippen molar-refractivity contribution in [2.45, 2.75) is 26.4 Å². The van der Waals surface area contributed by atoms with Crippen LogP contribution in [0.2, 0.25) is 0 Å². The van der Waals surface area contributed by atoms with Crippen molar-refractivity contribution >= 4 is 17.6 Å². The number of anilines is 1. The zero-order chi connectivity index (χ0) is 21.6. The number of nitrogens with one attached hydrogen (secondary N) is 1. The predicted molar refractivity (Wildman–Crippen MR) is 123 cm³/mol. The van der Waals surface area contributed by atoms with Crippen molar-refractivity contribution in [3.63, 3.8) is 0 Å². The van der Waals surface area contributed by atoms with Crippen LogP contribution in [0.15, 0.2) is 78.9 Å². The number of nitrogens with zero attached hydrogens (tertiary/aromatic N) is 2. The lowest BCUT2D eigenvalue weighted by Gasteiger charge is -2.19. The molecule has 0 radical (unpaired) electrons. The van der Waals surface area contributed by atoms with E-state index in [1.54, 1.807) is 0 Å². The van der Waals surface area contributed by atoms with Crippen LogP contribution in [0.5, 0.6) is 0 Å². The molecule has 1 N–H and O–H groups in total. The van der Waals surface area contributed by atoms with Gasteiger partial charge in [-0.25, -0.2) is 4.79 Å². The van der Waals surface area contributed by atoms with Crippen molar-refractivity contribution in [3.05, 3.63) is 101 Å². The molecule has 0 saturated carbocycles. The summed E-state index contributed by atoms with van der Waals surface area (Å²) in [7, 11) is 0. The Morgan fingerprint density at radius 2 is 1.32 bits per heavy atom. The Hall–Kier alpha value is -3.60. The number of hydrogen-bond donors (Lipinski definition) is 1. The highest BCUT2D eigenvalue weighted by molar-refractivity contribution is 6.04. The number of carbonyl (C=O) groups is 2. The van der Waals surface area contributed by atoms with E-state index in [1.807, 2.05) is 88.7 Å². The van der Waals surface area contributed by atoms with Gasteiger partial charge < -0.3 is 15.1 Å². The molecule has 0 atom stereocenters. The highest BCUT2D eigenvalue weighted by Crippen LogP contribution is 2.17. The van der Waals surface area contributed by atoms with Gasteiger partial charge in [-0.2, -0.15) is 0 Å². The molecule has 3 aromatic rings. The zero-order valence-corrected chi connectivity index (χ0v) is 17.8. The fraction of sp³-hybridized carbons (Fsp3) is 0.231. The minimum atomic E-state index is -0.137. The SMILES string of the molecule is CCc1ccc(NC(=O)c2ccc(CN3CCN(Cc4ccccc4)C3=O)cc2)cc1. The van der Waals surface area contributed by atoms with Crippen LogP contribution in [-0.2, 0) is 19.5 Å². The highest BCUT2D eigenvalue weighted by atomic mass is 16.2. The van der Waals surface area contributed by atoms with E-state index in [4.69, 9.17) is 0 Å². The molecule has 0 spiro atoms.